The van der Waals surface area contributed by atoms with Crippen LogP contribution in [0.15, 0.2) is 18.2 Å². The molecule has 0 aliphatic rings. The summed E-state index contributed by atoms with van der Waals surface area (Å²) in [5, 5.41) is 0. The Morgan fingerprint density at radius 2 is 1.89 bits per heavy atom. The number of carbonyl (C=O) groups excluding carboxylic acids is 2. The monoisotopic (exact) mass is 264 g/mol. The summed E-state index contributed by atoms with van der Waals surface area (Å²) in [5.41, 5.74) is 2.88. The Kier molecular flexibility index (Phi) is 5.55. The highest BCUT2D eigenvalue weighted by Gasteiger charge is 2.25. The highest BCUT2D eigenvalue weighted by molar-refractivity contribution is 5.79. The molecule has 0 saturated heterocycles. The molecule has 0 aromatic heterocycles. The molecule has 0 heterocycles. The van der Waals surface area contributed by atoms with E-state index < -0.39 is 11.9 Å². The van der Waals surface area contributed by atoms with Gasteiger partial charge in [0.1, 0.15) is 12.5 Å². The fourth-order valence-corrected chi connectivity index (χ4v) is 1.86. The number of benzene rings is 1. The van der Waals surface area contributed by atoms with Gasteiger partial charge in [0.2, 0.25) is 0 Å². The average molecular weight is 264 g/mol. The van der Waals surface area contributed by atoms with Gasteiger partial charge in [-0.2, -0.15) is 0 Å². The van der Waals surface area contributed by atoms with E-state index in [0.717, 1.165) is 16.7 Å². The molecule has 0 aliphatic heterocycles. The number of rotatable bonds is 5. The van der Waals surface area contributed by atoms with Crippen LogP contribution in [-0.2, 0) is 19.1 Å². The van der Waals surface area contributed by atoms with E-state index >= 15 is 0 Å². The Labute approximate surface area is 113 Å². The molecule has 0 amide bonds. The van der Waals surface area contributed by atoms with Gasteiger partial charge in [0.25, 0.3) is 0 Å². The van der Waals surface area contributed by atoms with E-state index in [0.29, 0.717) is 6.61 Å². The largest absolute Gasteiger partial charge is 0.465 e. The molecule has 0 fully saturated rings. The first-order valence-corrected chi connectivity index (χ1v) is 6.32. The van der Waals surface area contributed by atoms with Crippen molar-refractivity contribution in [2.24, 2.45) is 0 Å². The lowest BCUT2D eigenvalue weighted by molar-refractivity contribution is -0.150. The van der Waals surface area contributed by atoms with Crippen molar-refractivity contribution >= 4 is 11.9 Å². The van der Waals surface area contributed by atoms with Crippen LogP contribution in [0.4, 0.5) is 0 Å². The molecule has 19 heavy (non-hydrogen) atoms. The summed E-state index contributed by atoms with van der Waals surface area (Å²) in [4.78, 5) is 22.9. The van der Waals surface area contributed by atoms with Gasteiger partial charge in [0.15, 0.2) is 0 Å². The first-order valence-electron chi connectivity index (χ1n) is 6.32. The SMILES string of the molecule is CCOC(=O)[C@H](COC(C)=O)c1cc(C)ccc1C. The molecule has 0 saturated carbocycles. The van der Waals surface area contributed by atoms with Gasteiger partial charge in [-0.15, -0.1) is 0 Å². The molecule has 104 valence electrons. The predicted octanol–water partition coefficient (Wildman–Crippen LogP) is 2.51. The van der Waals surface area contributed by atoms with Crippen LogP contribution in [-0.4, -0.2) is 25.2 Å². The lowest BCUT2D eigenvalue weighted by atomic mass is 9.94. The van der Waals surface area contributed by atoms with E-state index in [1.54, 1.807) is 6.92 Å². The van der Waals surface area contributed by atoms with E-state index in [2.05, 4.69) is 0 Å². The Morgan fingerprint density at radius 3 is 2.47 bits per heavy atom. The number of aryl methyl sites for hydroxylation is 2. The van der Waals surface area contributed by atoms with Crippen molar-refractivity contribution in [1.82, 2.24) is 0 Å². The van der Waals surface area contributed by atoms with Crippen LogP contribution in [0, 0.1) is 13.8 Å². The maximum absolute atomic E-state index is 12.0. The van der Waals surface area contributed by atoms with E-state index in [1.165, 1.54) is 6.92 Å². The van der Waals surface area contributed by atoms with E-state index in [-0.39, 0.29) is 12.6 Å². The van der Waals surface area contributed by atoms with Crippen molar-refractivity contribution in [3.8, 4) is 0 Å². The smallest absolute Gasteiger partial charge is 0.316 e. The first-order chi connectivity index (χ1) is 8.95. The summed E-state index contributed by atoms with van der Waals surface area (Å²) in [7, 11) is 0. The summed E-state index contributed by atoms with van der Waals surface area (Å²) in [6.45, 7) is 7.28. The standard InChI is InChI=1S/C15H20O4/c1-5-18-15(17)14(9-19-12(4)16)13-8-10(2)6-7-11(13)3/h6-8,14H,5,9H2,1-4H3/t14-/m1/s1. The number of hydrogen-bond donors (Lipinski definition) is 0. The van der Waals surface area contributed by atoms with Crippen LogP contribution in [0.3, 0.4) is 0 Å². The number of hydrogen-bond acceptors (Lipinski definition) is 4. The third-order valence-corrected chi connectivity index (χ3v) is 2.83. The summed E-state index contributed by atoms with van der Waals surface area (Å²) < 4.78 is 10.0. The van der Waals surface area contributed by atoms with Crippen LogP contribution < -0.4 is 0 Å². The predicted molar refractivity (Wildman–Crippen MR) is 71.9 cm³/mol. The average Bonchev–Trinajstić information content (AvgIpc) is 2.33. The molecule has 1 aromatic rings. The van der Waals surface area contributed by atoms with Gasteiger partial charge in [-0.1, -0.05) is 23.8 Å². The van der Waals surface area contributed by atoms with Crippen molar-refractivity contribution < 1.29 is 19.1 Å². The van der Waals surface area contributed by atoms with Crippen molar-refractivity contribution in [3.63, 3.8) is 0 Å². The van der Waals surface area contributed by atoms with Crippen LogP contribution in [0.2, 0.25) is 0 Å². The van der Waals surface area contributed by atoms with Gasteiger partial charge in [0, 0.05) is 6.92 Å². The van der Waals surface area contributed by atoms with E-state index in [4.69, 9.17) is 9.47 Å². The topological polar surface area (TPSA) is 52.6 Å². The van der Waals surface area contributed by atoms with E-state index in [1.807, 2.05) is 32.0 Å². The second-order valence-electron chi connectivity index (χ2n) is 4.47. The van der Waals surface area contributed by atoms with Gasteiger partial charge < -0.3 is 9.47 Å². The van der Waals surface area contributed by atoms with Crippen LogP contribution in [0.25, 0.3) is 0 Å². The fourth-order valence-electron chi connectivity index (χ4n) is 1.86. The zero-order valence-corrected chi connectivity index (χ0v) is 11.9. The van der Waals surface area contributed by atoms with Crippen LogP contribution in [0.5, 0.6) is 0 Å². The Bertz CT molecular complexity index is 465. The minimum Gasteiger partial charge on any atom is -0.465 e. The van der Waals surface area contributed by atoms with E-state index in [9.17, 15) is 9.59 Å². The van der Waals surface area contributed by atoms with Gasteiger partial charge in [-0.3, -0.25) is 9.59 Å². The molecular formula is C15H20O4. The third kappa shape index (κ3) is 4.39. The van der Waals surface area contributed by atoms with Gasteiger partial charge in [-0.25, -0.2) is 0 Å². The Hall–Kier alpha value is -1.84. The van der Waals surface area contributed by atoms with Crippen molar-refractivity contribution in [3.05, 3.63) is 34.9 Å². The minimum atomic E-state index is -0.566. The van der Waals surface area contributed by atoms with Gasteiger partial charge in [-0.05, 0) is 31.9 Å². The molecule has 0 radical (unpaired) electrons. The second-order valence-corrected chi connectivity index (χ2v) is 4.47. The summed E-state index contributed by atoms with van der Waals surface area (Å²) >= 11 is 0. The lowest BCUT2D eigenvalue weighted by Crippen LogP contribution is -2.23. The maximum Gasteiger partial charge on any atom is 0.316 e. The quantitative estimate of drug-likeness (QED) is 0.767. The molecule has 0 aliphatic carbocycles. The van der Waals surface area contributed by atoms with Gasteiger partial charge >= 0.3 is 11.9 Å². The number of ether oxygens (including phenoxy) is 2. The maximum atomic E-state index is 12.0. The third-order valence-electron chi connectivity index (χ3n) is 2.83. The van der Waals surface area contributed by atoms with Crippen LogP contribution >= 0.6 is 0 Å². The molecule has 4 heteroatoms. The Morgan fingerprint density at radius 1 is 1.21 bits per heavy atom. The molecule has 0 unspecified atom stereocenters. The highest BCUT2D eigenvalue weighted by atomic mass is 16.5. The zero-order valence-electron chi connectivity index (χ0n) is 11.9. The van der Waals surface area contributed by atoms with Gasteiger partial charge in [0.05, 0.1) is 6.61 Å². The fraction of sp³-hybridized carbons (Fsp3) is 0.467. The first kappa shape index (κ1) is 15.2. The van der Waals surface area contributed by atoms with Crippen LogP contribution in [0.1, 0.15) is 36.5 Å². The molecule has 1 atom stereocenters. The molecule has 1 aromatic carbocycles. The number of carbonyl (C=O) groups is 2. The highest BCUT2D eigenvalue weighted by Crippen LogP contribution is 2.23. The molecule has 0 bridgehead atoms. The summed E-state index contributed by atoms with van der Waals surface area (Å²) in [5.74, 6) is -1.33. The molecule has 4 nitrogen and oxygen atoms in total. The molecule has 0 spiro atoms. The van der Waals surface area contributed by atoms with Crippen molar-refractivity contribution in [2.45, 2.75) is 33.6 Å². The molecular weight excluding hydrogens is 244 g/mol. The summed E-state index contributed by atoms with van der Waals surface area (Å²) in [6.07, 6.45) is 0. The molecule has 0 N–H and O–H groups in total. The molecule has 1 rings (SSSR count). The normalized spacial score (nSPS) is 11.8. The minimum absolute atomic E-state index is 0.0124. The second kappa shape index (κ2) is 6.92. The van der Waals surface area contributed by atoms with Crippen molar-refractivity contribution in [2.75, 3.05) is 13.2 Å². The number of esters is 2. The Balaban J connectivity index is 3.03. The lowest BCUT2D eigenvalue weighted by Gasteiger charge is -2.18. The zero-order chi connectivity index (χ0) is 14.4. The van der Waals surface area contributed by atoms with Crippen molar-refractivity contribution in [1.29, 1.82) is 0 Å². The summed E-state index contributed by atoms with van der Waals surface area (Å²) in [6, 6.07) is 5.86.